The van der Waals surface area contributed by atoms with Gasteiger partial charge in [-0.15, -0.1) is 0 Å². The van der Waals surface area contributed by atoms with Crippen molar-refractivity contribution in [3.05, 3.63) is 64.9 Å². The van der Waals surface area contributed by atoms with E-state index in [1.807, 2.05) is 18.2 Å². The predicted molar refractivity (Wildman–Crippen MR) is 94.4 cm³/mol. The number of aryl methyl sites for hydroxylation is 1. The van der Waals surface area contributed by atoms with E-state index in [4.69, 9.17) is 0 Å². The first-order valence-corrected chi connectivity index (χ1v) is 9.08. The molecule has 23 heavy (non-hydrogen) atoms. The van der Waals surface area contributed by atoms with Crippen LogP contribution >= 0.6 is 0 Å². The third kappa shape index (κ3) is 2.46. The molecular weight excluding hydrogens is 351 g/mol. The van der Waals surface area contributed by atoms with Crippen LogP contribution in [0.2, 0.25) is 0 Å². The summed E-state index contributed by atoms with van der Waals surface area (Å²) < 4.78 is 5.00. The van der Waals surface area contributed by atoms with Gasteiger partial charge >= 0.3 is 140 Å². The molecule has 0 fully saturated rings. The van der Waals surface area contributed by atoms with Crippen LogP contribution in [0.1, 0.15) is 10.1 Å². The fourth-order valence-electron chi connectivity index (χ4n) is 2.75. The number of phenols is 1. The summed E-state index contributed by atoms with van der Waals surface area (Å²) in [7, 11) is 2.11. The predicted octanol–water partition coefficient (Wildman–Crippen LogP) is 3.15. The van der Waals surface area contributed by atoms with Crippen molar-refractivity contribution in [2.24, 2.45) is 7.05 Å². The molecule has 4 rings (SSSR count). The summed E-state index contributed by atoms with van der Waals surface area (Å²) in [5.74, 6) is 0.222. The van der Waals surface area contributed by atoms with E-state index < -0.39 is 0 Å². The zero-order valence-electron chi connectivity index (χ0n) is 12.6. The average Bonchev–Trinajstić information content (AvgIpc) is 2.90. The Hall–Kier alpha value is -2.42. The summed E-state index contributed by atoms with van der Waals surface area (Å²) in [6, 6.07) is 16.0. The van der Waals surface area contributed by atoms with Crippen molar-refractivity contribution in [1.29, 1.82) is 0 Å². The van der Waals surface area contributed by atoms with E-state index in [1.54, 1.807) is 12.3 Å². The Morgan fingerprint density at radius 3 is 2.78 bits per heavy atom. The minimum atomic E-state index is 0.222. The maximum atomic E-state index is 9.94. The van der Waals surface area contributed by atoms with E-state index in [1.165, 1.54) is 14.3 Å². The van der Waals surface area contributed by atoms with Gasteiger partial charge in [0.25, 0.3) is 0 Å². The van der Waals surface area contributed by atoms with Crippen LogP contribution in [0.15, 0.2) is 54.7 Å². The van der Waals surface area contributed by atoms with E-state index in [0.717, 1.165) is 10.9 Å². The van der Waals surface area contributed by atoms with Crippen LogP contribution in [0.5, 0.6) is 5.75 Å². The standard InChI is InChI=1S/C19H14N2OSe/c1-21-15-6-2-3-8-17(15)23-18(21)10-9-13-11-12-20-19-14(13)5-4-7-16(19)22/h2-12H,1H3/p+1. The molecule has 0 aliphatic carbocycles. The molecule has 0 saturated carbocycles. The monoisotopic (exact) mass is 367 g/mol. The second-order valence-electron chi connectivity index (χ2n) is 5.37. The number of phenolic OH excluding ortho intramolecular Hbond substituents is 1. The van der Waals surface area contributed by atoms with Gasteiger partial charge in [-0.1, -0.05) is 0 Å². The number of hydrogen-bond donors (Lipinski definition) is 1. The third-order valence-corrected chi connectivity index (χ3v) is 6.45. The number of nitrogens with zero attached hydrogens (tertiary/aromatic N) is 2. The molecule has 2 heterocycles. The topological polar surface area (TPSA) is 37.0 Å². The molecule has 0 spiro atoms. The summed E-state index contributed by atoms with van der Waals surface area (Å²) in [5.41, 5.74) is 3.01. The van der Waals surface area contributed by atoms with Crippen molar-refractivity contribution < 1.29 is 9.67 Å². The van der Waals surface area contributed by atoms with E-state index in [9.17, 15) is 5.11 Å². The van der Waals surface area contributed by atoms with Crippen molar-refractivity contribution in [3.8, 4) is 5.75 Å². The Morgan fingerprint density at radius 2 is 1.91 bits per heavy atom. The molecule has 3 nitrogen and oxygen atoms in total. The molecule has 0 saturated heterocycles. The number of aromatic nitrogens is 2. The Morgan fingerprint density at radius 1 is 1.04 bits per heavy atom. The number of para-hydroxylation sites is 2. The second kappa shape index (κ2) is 5.65. The zero-order chi connectivity index (χ0) is 15.8. The summed E-state index contributed by atoms with van der Waals surface area (Å²) in [4.78, 5) is 4.27. The zero-order valence-corrected chi connectivity index (χ0v) is 14.3. The Balaban J connectivity index is 1.82. The van der Waals surface area contributed by atoms with Crippen molar-refractivity contribution in [2.75, 3.05) is 0 Å². The van der Waals surface area contributed by atoms with Gasteiger partial charge in [0.2, 0.25) is 0 Å². The van der Waals surface area contributed by atoms with Gasteiger partial charge in [0.05, 0.1) is 0 Å². The number of fused-ring (bicyclic) bond motifs is 2. The van der Waals surface area contributed by atoms with Crippen molar-refractivity contribution >= 4 is 47.3 Å². The molecule has 0 radical (unpaired) electrons. The number of rotatable bonds is 2. The molecule has 4 aromatic rings. The van der Waals surface area contributed by atoms with E-state index in [0.29, 0.717) is 20.0 Å². The van der Waals surface area contributed by atoms with Crippen molar-refractivity contribution in [2.45, 2.75) is 0 Å². The van der Waals surface area contributed by atoms with E-state index in [2.05, 4.69) is 53.0 Å². The summed E-state index contributed by atoms with van der Waals surface area (Å²) in [6.07, 6.45) is 6.03. The normalized spacial score (nSPS) is 11.7. The van der Waals surface area contributed by atoms with Gasteiger partial charge in [-0.3, -0.25) is 0 Å². The Labute approximate surface area is 139 Å². The number of pyridine rings is 1. The van der Waals surface area contributed by atoms with Crippen LogP contribution in [-0.4, -0.2) is 24.6 Å². The molecule has 0 atom stereocenters. The van der Waals surface area contributed by atoms with Crippen LogP contribution < -0.4 is 4.57 Å². The molecule has 0 amide bonds. The van der Waals surface area contributed by atoms with Gasteiger partial charge in [0.15, 0.2) is 0 Å². The summed E-state index contributed by atoms with van der Waals surface area (Å²) in [5, 5.41) is 10.9. The number of benzene rings is 2. The molecule has 2 aromatic carbocycles. The van der Waals surface area contributed by atoms with Gasteiger partial charge in [0, 0.05) is 0 Å². The third-order valence-electron chi connectivity index (χ3n) is 3.96. The van der Waals surface area contributed by atoms with Gasteiger partial charge < -0.3 is 0 Å². The molecule has 0 bridgehead atoms. The van der Waals surface area contributed by atoms with Gasteiger partial charge in [-0.25, -0.2) is 0 Å². The molecule has 2 aromatic heterocycles. The molecule has 1 N–H and O–H groups in total. The van der Waals surface area contributed by atoms with Crippen molar-refractivity contribution in [1.82, 2.24) is 4.98 Å². The minimum absolute atomic E-state index is 0.222. The Kier molecular flexibility index (Phi) is 3.49. The second-order valence-corrected chi connectivity index (χ2v) is 7.60. The van der Waals surface area contributed by atoms with Crippen LogP contribution in [-0.2, 0) is 7.05 Å². The van der Waals surface area contributed by atoms with Crippen LogP contribution in [0.3, 0.4) is 0 Å². The van der Waals surface area contributed by atoms with Crippen LogP contribution in [0, 0.1) is 0 Å². The fourth-order valence-corrected chi connectivity index (χ4v) is 4.96. The quantitative estimate of drug-likeness (QED) is 0.437. The molecule has 4 heteroatoms. The van der Waals surface area contributed by atoms with Crippen molar-refractivity contribution in [3.63, 3.8) is 0 Å². The first-order chi connectivity index (χ1) is 11.2. The van der Waals surface area contributed by atoms with E-state index >= 15 is 0 Å². The number of aromatic hydroxyl groups is 1. The van der Waals surface area contributed by atoms with Crippen LogP contribution in [0.25, 0.3) is 32.8 Å². The van der Waals surface area contributed by atoms with Gasteiger partial charge in [-0.05, 0) is 0 Å². The van der Waals surface area contributed by atoms with Gasteiger partial charge in [0.1, 0.15) is 0 Å². The van der Waals surface area contributed by atoms with Crippen LogP contribution in [0.4, 0.5) is 0 Å². The Bertz CT molecular complexity index is 1050. The molecular formula is C19H15N2OSe+. The summed E-state index contributed by atoms with van der Waals surface area (Å²) in [6.45, 7) is 0. The molecule has 112 valence electrons. The molecule has 0 unspecified atom stereocenters. The first-order valence-electron chi connectivity index (χ1n) is 7.36. The average molecular weight is 366 g/mol. The first kappa shape index (κ1) is 14.2. The SMILES string of the molecule is C[n+]1c(/C=C/c2ccnc3c(O)cccc23)[se]c2ccccc21. The van der Waals surface area contributed by atoms with Gasteiger partial charge in [-0.2, -0.15) is 0 Å². The summed E-state index contributed by atoms with van der Waals surface area (Å²) >= 11 is 0.326. The molecule has 0 aliphatic heterocycles. The van der Waals surface area contributed by atoms with E-state index in [-0.39, 0.29) is 5.75 Å². The fraction of sp³-hybridized carbons (Fsp3) is 0.0526. The molecule has 0 aliphatic rings. The maximum absolute atomic E-state index is 9.94. The number of hydrogen-bond acceptors (Lipinski definition) is 2.